The number of amides is 1. The van der Waals surface area contributed by atoms with Gasteiger partial charge in [0.1, 0.15) is 16.5 Å². The van der Waals surface area contributed by atoms with Gasteiger partial charge in [-0.2, -0.15) is 11.3 Å². The molecule has 3 nitrogen and oxygen atoms in total. The summed E-state index contributed by atoms with van der Waals surface area (Å²) in [6.07, 6.45) is 0. The Labute approximate surface area is 142 Å². The lowest BCUT2D eigenvalue weighted by Crippen LogP contribution is -2.29. The fourth-order valence-electron chi connectivity index (χ4n) is 2.21. The molecule has 1 atom stereocenters. The molecule has 2 heterocycles. The molecule has 1 amide bonds. The van der Waals surface area contributed by atoms with E-state index in [4.69, 9.17) is 0 Å². The van der Waals surface area contributed by atoms with E-state index in [1.807, 2.05) is 23.8 Å². The fraction of sp³-hybridized carbons (Fsp3) is 0.176. The second-order valence-corrected chi connectivity index (χ2v) is 6.83. The summed E-state index contributed by atoms with van der Waals surface area (Å²) >= 11 is 3.06. The predicted molar refractivity (Wildman–Crippen MR) is 92.3 cm³/mol. The molecule has 23 heavy (non-hydrogen) atoms. The number of hydrogen-bond acceptors (Lipinski definition) is 4. The maximum atomic E-state index is 13.0. The first-order chi connectivity index (χ1) is 11.1. The summed E-state index contributed by atoms with van der Waals surface area (Å²) in [5.41, 5.74) is 2.36. The summed E-state index contributed by atoms with van der Waals surface area (Å²) in [7, 11) is 1.74. The lowest BCUT2D eigenvalue weighted by Gasteiger charge is -2.24. The van der Waals surface area contributed by atoms with Gasteiger partial charge in [-0.05, 0) is 36.1 Å². The molecule has 2 aromatic heterocycles. The van der Waals surface area contributed by atoms with Gasteiger partial charge in [-0.3, -0.25) is 4.79 Å². The molecule has 0 radical (unpaired) electrons. The van der Waals surface area contributed by atoms with Crippen LogP contribution in [0.5, 0.6) is 0 Å². The van der Waals surface area contributed by atoms with E-state index < -0.39 is 0 Å². The van der Waals surface area contributed by atoms with Gasteiger partial charge in [-0.25, -0.2) is 9.37 Å². The van der Waals surface area contributed by atoms with E-state index in [9.17, 15) is 9.18 Å². The highest BCUT2D eigenvalue weighted by Gasteiger charge is 2.21. The molecule has 0 aliphatic carbocycles. The summed E-state index contributed by atoms with van der Waals surface area (Å²) in [6.45, 7) is 1.91. The monoisotopic (exact) mass is 346 g/mol. The van der Waals surface area contributed by atoms with Crippen LogP contribution in [0.1, 0.15) is 29.0 Å². The molecular formula is C17H15FN2OS2. The van der Waals surface area contributed by atoms with Crippen LogP contribution in [-0.2, 0) is 0 Å². The average molecular weight is 346 g/mol. The highest BCUT2D eigenvalue weighted by molar-refractivity contribution is 7.14. The fourth-order valence-corrected chi connectivity index (χ4v) is 3.72. The standard InChI is InChI=1S/C17H15FN2OS2/c1-11(12-3-5-14(18)6-4-12)20(2)17(21)15-10-23-16(19-15)13-7-8-22-9-13/h3-11H,1-2H3/t11-/m0/s1. The lowest BCUT2D eigenvalue weighted by atomic mass is 10.1. The third-order valence-electron chi connectivity index (χ3n) is 3.75. The number of carbonyl (C=O) groups excluding carboxylic acids is 1. The summed E-state index contributed by atoms with van der Waals surface area (Å²) in [5.74, 6) is -0.422. The summed E-state index contributed by atoms with van der Waals surface area (Å²) in [4.78, 5) is 18.7. The highest BCUT2D eigenvalue weighted by Crippen LogP contribution is 2.27. The molecule has 0 aliphatic rings. The van der Waals surface area contributed by atoms with Crippen LogP contribution in [0.25, 0.3) is 10.6 Å². The molecular weight excluding hydrogens is 331 g/mol. The third kappa shape index (κ3) is 3.33. The molecule has 0 bridgehead atoms. The van der Waals surface area contributed by atoms with Gasteiger partial charge in [0.05, 0.1) is 6.04 Å². The van der Waals surface area contributed by atoms with E-state index >= 15 is 0 Å². The first kappa shape index (κ1) is 15.8. The van der Waals surface area contributed by atoms with Crippen LogP contribution in [0, 0.1) is 5.82 Å². The topological polar surface area (TPSA) is 33.2 Å². The van der Waals surface area contributed by atoms with Crippen molar-refractivity contribution >= 4 is 28.6 Å². The van der Waals surface area contributed by atoms with Crippen molar-refractivity contribution in [2.24, 2.45) is 0 Å². The Morgan fingerprint density at radius 2 is 1.96 bits per heavy atom. The van der Waals surface area contributed by atoms with E-state index in [1.54, 1.807) is 40.8 Å². The molecule has 0 fully saturated rings. The Bertz CT molecular complexity index is 796. The van der Waals surface area contributed by atoms with Gasteiger partial charge in [0, 0.05) is 23.4 Å². The molecule has 0 unspecified atom stereocenters. The number of halogens is 1. The minimum atomic E-state index is -0.283. The van der Waals surface area contributed by atoms with E-state index in [2.05, 4.69) is 4.98 Å². The van der Waals surface area contributed by atoms with Gasteiger partial charge < -0.3 is 4.90 Å². The van der Waals surface area contributed by atoms with Crippen molar-refractivity contribution in [1.29, 1.82) is 0 Å². The van der Waals surface area contributed by atoms with Crippen molar-refractivity contribution < 1.29 is 9.18 Å². The van der Waals surface area contributed by atoms with Gasteiger partial charge in [0.15, 0.2) is 0 Å². The van der Waals surface area contributed by atoms with Crippen molar-refractivity contribution in [2.75, 3.05) is 7.05 Å². The Morgan fingerprint density at radius 3 is 2.61 bits per heavy atom. The number of hydrogen-bond donors (Lipinski definition) is 0. The Morgan fingerprint density at radius 1 is 1.22 bits per heavy atom. The molecule has 0 N–H and O–H groups in total. The first-order valence-corrected chi connectivity index (χ1v) is 8.89. The SMILES string of the molecule is C[C@@H](c1ccc(F)cc1)N(C)C(=O)c1csc(-c2ccsc2)n1. The van der Waals surface area contributed by atoms with Crippen molar-refractivity contribution in [2.45, 2.75) is 13.0 Å². The molecule has 0 saturated heterocycles. The Kier molecular flexibility index (Phi) is 4.54. The Balaban J connectivity index is 1.78. The molecule has 3 aromatic rings. The zero-order valence-corrected chi connectivity index (χ0v) is 14.3. The summed E-state index contributed by atoms with van der Waals surface area (Å²) in [5, 5.41) is 6.62. The van der Waals surface area contributed by atoms with Crippen molar-refractivity contribution in [3.8, 4) is 10.6 Å². The number of benzene rings is 1. The number of thiophene rings is 1. The van der Waals surface area contributed by atoms with Gasteiger partial charge >= 0.3 is 0 Å². The van der Waals surface area contributed by atoms with Crippen molar-refractivity contribution in [1.82, 2.24) is 9.88 Å². The summed E-state index contributed by atoms with van der Waals surface area (Å²) in [6, 6.07) is 8.03. The molecule has 0 saturated carbocycles. The second-order valence-electron chi connectivity index (χ2n) is 5.19. The summed E-state index contributed by atoms with van der Waals surface area (Å²) < 4.78 is 13.0. The van der Waals surface area contributed by atoms with Crippen LogP contribution in [-0.4, -0.2) is 22.8 Å². The van der Waals surface area contributed by atoms with E-state index in [1.165, 1.54) is 23.5 Å². The molecule has 0 spiro atoms. The smallest absolute Gasteiger partial charge is 0.273 e. The van der Waals surface area contributed by atoms with Crippen molar-refractivity contribution in [3.63, 3.8) is 0 Å². The number of nitrogens with zero attached hydrogens (tertiary/aromatic N) is 2. The molecule has 0 aliphatic heterocycles. The minimum Gasteiger partial charge on any atom is -0.334 e. The first-order valence-electron chi connectivity index (χ1n) is 7.07. The van der Waals surface area contributed by atoms with Crippen LogP contribution in [0.3, 0.4) is 0 Å². The van der Waals surface area contributed by atoms with Crippen molar-refractivity contribution in [3.05, 3.63) is 63.5 Å². The molecule has 6 heteroatoms. The van der Waals surface area contributed by atoms with Crippen LogP contribution in [0.15, 0.2) is 46.5 Å². The highest BCUT2D eigenvalue weighted by atomic mass is 32.1. The number of aromatic nitrogens is 1. The van der Waals surface area contributed by atoms with Gasteiger partial charge in [0.25, 0.3) is 5.91 Å². The average Bonchev–Trinajstić information content (AvgIpc) is 3.24. The minimum absolute atomic E-state index is 0.139. The normalized spacial score (nSPS) is 12.1. The molecule has 1 aromatic carbocycles. The Hall–Kier alpha value is -2.05. The lowest BCUT2D eigenvalue weighted by molar-refractivity contribution is 0.0737. The van der Waals surface area contributed by atoms with E-state index in [0.29, 0.717) is 5.69 Å². The third-order valence-corrected chi connectivity index (χ3v) is 5.32. The van der Waals surface area contributed by atoms with Crippen LogP contribution >= 0.6 is 22.7 Å². The zero-order chi connectivity index (χ0) is 16.4. The largest absolute Gasteiger partial charge is 0.334 e. The molecule has 3 rings (SSSR count). The second kappa shape index (κ2) is 6.60. The quantitative estimate of drug-likeness (QED) is 0.677. The number of thiazole rings is 1. The van der Waals surface area contributed by atoms with Gasteiger partial charge in [0.2, 0.25) is 0 Å². The van der Waals surface area contributed by atoms with E-state index in [0.717, 1.165) is 16.1 Å². The van der Waals surface area contributed by atoms with E-state index in [-0.39, 0.29) is 17.8 Å². The number of carbonyl (C=O) groups is 1. The van der Waals surface area contributed by atoms with Crippen LogP contribution < -0.4 is 0 Å². The van der Waals surface area contributed by atoms with Gasteiger partial charge in [-0.1, -0.05) is 12.1 Å². The van der Waals surface area contributed by atoms with Crippen LogP contribution in [0.2, 0.25) is 0 Å². The zero-order valence-electron chi connectivity index (χ0n) is 12.7. The predicted octanol–water partition coefficient (Wildman–Crippen LogP) is 4.84. The van der Waals surface area contributed by atoms with Gasteiger partial charge in [-0.15, -0.1) is 11.3 Å². The maximum absolute atomic E-state index is 13.0. The molecule has 118 valence electrons. The maximum Gasteiger partial charge on any atom is 0.273 e. The number of rotatable bonds is 4. The van der Waals surface area contributed by atoms with Crippen LogP contribution in [0.4, 0.5) is 4.39 Å².